The van der Waals surface area contributed by atoms with Crippen LogP contribution < -0.4 is 0 Å². The Labute approximate surface area is 196 Å². The van der Waals surface area contributed by atoms with E-state index in [-0.39, 0.29) is 30.8 Å². The van der Waals surface area contributed by atoms with Gasteiger partial charge >= 0.3 is 5.97 Å². The predicted molar refractivity (Wildman–Crippen MR) is 124 cm³/mol. The summed E-state index contributed by atoms with van der Waals surface area (Å²) < 4.78 is 20.1. The number of ether oxygens (including phenoxy) is 1. The van der Waals surface area contributed by atoms with Crippen molar-refractivity contribution in [3.63, 3.8) is 0 Å². The number of nitrogens with zero attached hydrogens (tertiary/aromatic N) is 3. The lowest BCUT2D eigenvalue weighted by atomic mass is 10.1. The summed E-state index contributed by atoms with van der Waals surface area (Å²) in [6.45, 7) is 4.16. The van der Waals surface area contributed by atoms with Gasteiger partial charge in [0.15, 0.2) is 0 Å². The molecule has 0 radical (unpaired) electrons. The first-order chi connectivity index (χ1) is 16.4. The van der Waals surface area contributed by atoms with Gasteiger partial charge < -0.3 is 4.74 Å². The Morgan fingerprint density at radius 3 is 2.29 bits per heavy atom. The van der Waals surface area contributed by atoms with Crippen LogP contribution in [0.1, 0.15) is 50.5 Å². The van der Waals surface area contributed by atoms with E-state index in [9.17, 15) is 18.8 Å². The molecular formula is C26H24FN3O4. The number of amides is 2. The maximum Gasteiger partial charge on any atom is 0.330 e. The Hall–Kier alpha value is -4.07. The van der Waals surface area contributed by atoms with Gasteiger partial charge in [-0.1, -0.05) is 12.1 Å². The summed E-state index contributed by atoms with van der Waals surface area (Å²) in [6.07, 6.45) is 4.05. The van der Waals surface area contributed by atoms with Gasteiger partial charge in [0, 0.05) is 23.9 Å². The molecule has 2 aromatic carbocycles. The average molecular weight is 461 g/mol. The number of unbranched alkanes of at least 4 members (excludes halogenated alkanes) is 1. The Kier molecular flexibility index (Phi) is 6.67. The summed E-state index contributed by atoms with van der Waals surface area (Å²) in [5.41, 5.74) is 3.91. The van der Waals surface area contributed by atoms with Crippen molar-refractivity contribution in [3.8, 4) is 5.69 Å². The minimum absolute atomic E-state index is 0.180. The van der Waals surface area contributed by atoms with E-state index in [1.165, 1.54) is 23.1 Å². The van der Waals surface area contributed by atoms with Crippen molar-refractivity contribution in [2.24, 2.45) is 0 Å². The van der Waals surface area contributed by atoms with Crippen molar-refractivity contribution in [2.45, 2.75) is 26.7 Å². The van der Waals surface area contributed by atoms with Gasteiger partial charge in [-0.25, -0.2) is 13.9 Å². The van der Waals surface area contributed by atoms with E-state index < -0.39 is 5.97 Å². The molecule has 0 saturated carbocycles. The van der Waals surface area contributed by atoms with Crippen LogP contribution in [0.15, 0.2) is 54.6 Å². The third-order valence-corrected chi connectivity index (χ3v) is 5.70. The quantitative estimate of drug-likeness (QED) is 0.217. The Bertz CT molecular complexity index is 1240. The van der Waals surface area contributed by atoms with Crippen molar-refractivity contribution < 1.29 is 23.5 Å². The standard InChI is InChI=1S/C26H24FN3O4/c1-17-21(18(2)30(28-17)20-11-9-19(27)10-12-20)13-14-24(31)34-16-6-5-15-29-25(32)22-7-3-4-8-23(22)26(29)33/h3-4,7-14H,5-6,15-16H2,1-2H3/b14-13+. The monoisotopic (exact) mass is 461 g/mol. The van der Waals surface area contributed by atoms with E-state index in [1.807, 2.05) is 13.8 Å². The summed E-state index contributed by atoms with van der Waals surface area (Å²) in [7, 11) is 0. The number of imide groups is 1. The fourth-order valence-electron chi connectivity index (χ4n) is 3.92. The molecule has 0 bridgehead atoms. The summed E-state index contributed by atoms with van der Waals surface area (Å²) in [6, 6.07) is 12.8. The third kappa shape index (κ3) is 4.66. The first-order valence-electron chi connectivity index (χ1n) is 11.0. The molecule has 0 spiro atoms. The predicted octanol–water partition coefficient (Wildman–Crippen LogP) is 4.26. The van der Waals surface area contributed by atoms with Crippen LogP contribution in [0.5, 0.6) is 0 Å². The molecule has 0 atom stereocenters. The van der Waals surface area contributed by atoms with Gasteiger partial charge in [0.05, 0.1) is 29.1 Å². The van der Waals surface area contributed by atoms with E-state index in [4.69, 9.17) is 4.74 Å². The zero-order chi connectivity index (χ0) is 24.2. The lowest BCUT2D eigenvalue weighted by Crippen LogP contribution is -2.30. The largest absolute Gasteiger partial charge is 0.463 e. The van der Waals surface area contributed by atoms with E-state index in [0.29, 0.717) is 24.0 Å². The lowest BCUT2D eigenvalue weighted by molar-refractivity contribution is -0.137. The molecule has 0 aliphatic carbocycles. The molecule has 2 heterocycles. The Morgan fingerprint density at radius 2 is 1.65 bits per heavy atom. The topological polar surface area (TPSA) is 81.5 Å². The molecular weight excluding hydrogens is 437 g/mol. The van der Waals surface area contributed by atoms with Gasteiger partial charge in [-0.3, -0.25) is 14.5 Å². The van der Waals surface area contributed by atoms with Crippen molar-refractivity contribution >= 4 is 23.9 Å². The van der Waals surface area contributed by atoms with Crippen LogP contribution in [0.2, 0.25) is 0 Å². The number of aromatic nitrogens is 2. The number of esters is 1. The summed E-state index contributed by atoms with van der Waals surface area (Å²) >= 11 is 0. The molecule has 1 aliphatic heterocycles. The van der Waals surface area contributed by atoms with Crippen molar-refractivity contribution in [2.75, 3.05) is 13.2 Å². The minimum Gasteiger partial charge on any atom is -0.463 e. The van der Waals surface area contributed by atoms with Crippen LogP contribution in [0.3, 0.4) is 0 Å². The average Bonchev–Trinajstić information content (AvgIpc) is 3.25. The fourth-order valence-corrected chi connectivity index (χ4v) is 3.92. The Morgan fingerprint density at radius 1 is 1.00 bits per heavy atom. The molecule has 2 amide bonds. The zero-order valence-electron chi connectivity index (χ0n) is 19.0. The van der Waals surface area contributed by atoms with Gasteiger partial charge in [0.2, 0.25) is 0 Å². The summed E-state index contributed by atoms with van der Waals surface area (Å²) in [5, 5.41) is 4.47. The molecule has 1 aliphatic rings. The minimum atomic E-state index is -0.492. The summed E-state index contributed by atoms with van der Waals surface area (Å²) in [4.78, 5) is 38.1. The molecule has 7 nitrogen and oxygen atoms in total. The molecule has 34 heavy (non-hydrogen) atoms. The van der Waals surface area contributed by atoms with E-state index in [0.717, 1.165) is 22.6 Å². The number of aryl methyl sites for hydroxylation is 1. The van der Waals surface area contributed by atoms with Crippen LogP contribution >= 0.6 is 0 Å². The van der Waals surface area contributed by atoms with Gasteiger partial charge in [-0.05, 0) is 69.2 Å². The molecule has 8 heteroatoms. The second-order valence-electron chi connectivity index (χ2n) is 7.99. The van der Waals surface area contributed by atoms with Crippen molar-refractivity contribution in [1.29, 1.82) is 0 Å². The second kappa shape index (κ2) is 9.82. The molecule has 1 aromatic heterocycles. The first-order valence-corrected chi connectivity index (χ1v) is 11.0. The zero-order valence-corrected chi connectivity index (χ0v) is 19.0. The number of carbonyl (C=O) groups excluding carboxylic acids is 3. The maximum atomic E-state index is 13.2. The van der Waals surface area contributed by atoms with Crippen LogP contribution in [0.25, 0.3) is 11.8 Å². The molecule has 0 unspecified atom stereocenters. The van der Waals surface area contributed by atoms with Crippen LogP contribution in [-0.4, -0.2) is 45.6 Å². The van der Waals surface area contributed by atoms with Gasteiger partial charge in [0.25, 0.3) is 11.8 Å². The number of carbonyl (C=O) groups is 3. The lowest BCUT2D eigenvalue weighted by Gasteiger charge is -2.13. The number of benzene rings is 2. The molecule has 0 fully saturated rings. The van der Waals surface area contributed by atoms with Gasteiger partial charge in [-0.15, -0.1) is 0 Å². The third-order valence-electron chi connectivity index (χ3n) is 5.70. The highest BCUT2D eigenvalue weighted by Gasteiger charge is 2.34. The number of halogens is 1. The van der Waals surface area contributed by atoms with Crippen molar-refractivity contribution in [3.05, 3.63) is 88.5 Å². The fraction of sp³-hybridized carbons (Fsp3) is 0.231. The Balaban J connectivity index is 1.26. The highest BCUT2D eigenvalue weighted by Crippen LogP contribution is 2.23. The number of rotatable bonds is 8. The molecule has 0 saturated heterocycles. The smallest absolute Gasteiger partial charge is 0.330 e. The number of fused-ring (bicyclic) bond motifs is 1. The normalized spacial score (nSPS) is 13.1. The maximum absolute atomic E-state index is 13.2. The van der Waals surface area contributed by atoms with E-state index >= 15 is 0 Å². The van der Waals surface area contributed by atoms with Gasteiger partial charge in [-0.2, -0.15) is 5.10 Å². The molecule has 3 aromatic rings. The SMILES string of the molecule is Cc1nn(-c2ccc(F)cc2)c(C)c1/C=C/C(=O)OCCCCN1C(=O)c2ccccc2C1=O. The van der Waals surface area contributed by atoms with Crippen LogP contribution in [0, 0.1) is 19.7 Å². The highest BCUT2D eigenvalue weighted by atomic mass is 19.1. The molecule has 4 rings (SSSR count). The van der Waals surface area contributed by atoms with E-state index in [2.05, 4.69) is 5.10 Å². The molecule has 174 valence electrons. The van der Waals surface area contributed by atoms with E-state index in [1.54, 1.807) is 47.2 Å². The number of hydrogen-bond acceptors (Lipinski definition) is 5. The molecule has 0 N–H and O–H groups in total. The number of hydrogen-bond donors (Lipinski definition) is 0. The summed E-state index contributed by atoms with van der Waals surface area (Å²) in [5.74, 6) is -1.38. The van der Waals surface area contributed by atoms with Crippen LogP contribution in [0.4, 0.5) is 4.39 Å². The first kappa shape index (κ1) is 23.1. The van der Waals surface area contributed by atoms with Gasteiger partial charge in [0.1, 0.15) is 5.82 Å². The van der Waals surface area contributed by atoms with Crippen molar-refractivity contribution in [1.82, 2.24) is 14.7 Å². The highest BCUT2D eigenvalue weighted by molar-refractivity contribution is 6.21. The second-order valence-corrected chi connectivity index (χ2v) is 7.99. The van der Waals surface area contributed by atoms with Crippen LogP contribution in [-0.2, 0) is 9.53 Å².